The van der Waals surface area contributed by atoms with E-state index >= 15 is 0 Å². The standard InChI is InChI=1S/C39H33N9O6/c1-4-52-34(49)28(22-40)19-25-7-13-31(14-8-25)43-37-46-38(44-32-15-9-26(10-16-32)20-29(23-41)35(50)53-5-2)48-39(47-37)45-33-17-11-27(12-18-33)21-30(24-42)36(51)54-6-3/h7-21H,4-6H2,1-3H3,(H3,43,44,45,46,47,48)/b28-19+,29-20+,30-21+. The molecule has 0 aliphatic carbocycles. The number of ether oxygens (including phenoxy) is 3. The van der Waals surface area contributed by atoms with Gasteiger partial charge in [0, 0.05) is 17.1 Å². The Kier molecular flexibility index (Phi) is 14.1. The van der Waals surface area contributed by atoms with Crippen LogP contribution in [0.25, 0.3) is 18.2 Å². The zero-order chi connectivity index (χ0) is 38.9. The summed E-state index contributed by atoms with van der Waals surface area (Å²) in [5.41, 5.74) is 3.13. The van der Waals surface area contributed by atoms with E-state index in [2.05, 4.69) is 30.9 Å². The van der Waals surface area contributed by atoms with E-state index in [9.17, 15) is 30.2 Å². The van der Waals surface area contributed by atoms with Crippen LogP contribution in [-0.2, 0) is 28.6 Å². The molecule has 0 unspecified atom stereocenters. The summed E-state index contributed by atoms with van der Waals surface area (Å²) in [7, 11) is 0. The highest BCUT2D eigenvalue weighted by atomic mass is 16.5. The minimum absolute atomic E-state index is 0.136. The molecule has 270 valence electrons. The van der Waals surface area contributed by atoms with Crippen LogP contribution >= 0.6 is 0 Å². The van der Waals surface area contributed by atoms with Crippen LogP contribution in [0.4, 0.5) is 34.9 Å². The van der Waals surface area contributed by atoms with E-state index in [1.807, 2.05) is 18.2 Å². The second-order valence-electron chi connectivity index (χ2n) is 10.7. The van der Waals surface area contributed by atoms with E-state index in [4.69, 9.17) is 14.2 Å². The normalized spacial score (nSPS) is 11.2. The van der Waals surface area contributed by atoms with Crippen LogP contribution in [-0.4, -0.2) is 52.7 Å². The molecule has 0 saturated carbocycles. The number of hydrogen-bond acceptors (Lipinski definition) is 15. The Balaban J connectivity index is 1.62. The zero-order valence-electron chi connectivity index (χ0n) is 29.4. The summed E-state index contributed by atoms with van der Waals surface area (Å²) in [5.74, 6) is -1.67. The molecule has 0 radical (unpaired) electrons. The predicted molar refractivity (Wildman–Crippen MR) is 200 cm³/mol. The number of esters is 3. The first kappa shape index (κ1) is 39.0. The number of carbonyl (C=O) groups excluding carboxylic acids is 3. The van der Waals surface area contributed by atoms with Gasteiger partial charge in [0.25, 0.3) is 0 Å². The van der Waals surface area contributed by atoms with Crippen LogP contribution in [0.1, 0.15) is 37.5 Å². The summed E-state index contributed by atoms with van der Waals surface area (Å²) >= 11 is 0. The summed E-state index contributed by atoms with van der Waals surface area (Å²) in [5, 5.41) is 37.5. The summed E-state index contributed by atoms with van der Waals surface area (Å²) in [6, 6.07) is 26.0. The van der Waals surface area contributed by atoms with Crippen molar-refractivity contribution in [1.29, 1.82) is 15.8 Å². The Hall–Kier alpha value is -7.83. The molecule has 0 aliphatic rings. The third-order valence-electron chi connectivity index (χ3n) is 6.92. The van der Waals surface area contributed by atoms with E-state index in [0.717, 1.165) is 0 Å². The molecule has 15 nitrogen and oxygen atoms in total. The van der Waals surface area contributed by atoms with E-state index in [1.54, 1.807) is 93.6 Å². The van der Waals surface area contributed by atoms with Gasteiger partial charge in [-0.3, -0.25) is 0 Å². The van der Waals surface area contributed by atoms with Crippen LogP contribution < -0.4 is 16.0 Å². The van der Waals surface area contributed by atoms with Crippen molar-refractivity contribution >= 4 is 71.0 Å². The van der Waals surface area contributed by atoms with Crippen LogP contribution in [0, 0.1) is 34.0 Å². The van der Waals surface area contributed by atoms with Crippen molar-refractivity contribution in [3.05, 3.63) is 106 Å². The van der Waals surface area contributed by atoms with Crippen molar-refractivity contribution in [2.24, 2.45) is 0 Å². The van der Waals surface area contributed by atoms with Crippen molar-refractivity contribution in [3.63, 3.8) is 0 Å². The number of benzene rings is 3. The molecule has 0 amide bonds. The van der Waals surface area contributed by atoms with Crippen molar-refractivity contribution in [1.82, 2.24) is 15.0 Å². The highest BCUT2D eigenvalue weighted by Gasteiger charge is 2.13. The molecule has 3 aromatic carbocycles. The lowest BCUT2D eigenvalue weighted by atomic mass is 10.1. The Morgan fingerprint density at radius 3 is 0.944 bits per heavy atom. The van der Waals surface area contributed by atoms with Gasteiger partial charge in [0.05, 0.1) is 19.8 Å². The molecule has 4 aromatic rings. The quantitative estimate of drug-likeness (QED) is 0.0514. The number of aromatic nitrogens is 3. The molecule has 0 spiro atoms. The number of hydrogen-bond donors (Lipinski definition) is 3. The van der Waals surface area contributed by atoms with Crippen LogP contribution in [0.5, 0.6) is 0 Å². The monoisotopic (exact) mass is 723 g/mol. The van der Waals surface area contributed by atoms with Crippen LogP contribution in [0.3, 0.4) is 0 Å². The highest BCUT2D eigenvalue weighted by Crippen LogP contribution is 2.23. The molecule has 0 bridgehead atoms. The van der Waals surface area contributed by atoms with Gasteiger partial charge >= 0.3 is 17.9 Å². The maximum atomic E-state index is 12.0. The predicted octanol–water partition coefficient (Wildman–Crippen LogP) is 6.51. The Morgan fingerprint density at radius 2 is 0.741 bits per heavy atom. The largest absolute Gasteiger partial charge is 0.462 e. The molecular formula is C39H33N9O6. The fourth-order valence-corrected chi connectivity index (χ4v) is 4.46. The first-order chi connectivity index (χ1) is 26.2. The average molecular weight is 724 g/mol. The van der Waals surface area contributed by atoms with Crippen molar-refractivity contribution in [3.8, 4) is 18.2 Å². The second kappa shape index (κ2) is 19.5. The van der Waals surface area contributed by atoms with E-state index in [0.29, 0.717) is 33.8 Å². The third kappa shape index (κ3) is 11.3. The summed E-state index contributed by atoms with van der Waals surface area (Å²) in [4.78, 5) is 49.6. The topological polar surface area (TPSA) is 225 Å². The van der Waals surface area contributed by atoms with Crippen molar-refractivity contribution in [2.75, 3.05) is 35.8 Å². The van der Waals surface area contributed by atoms with Gasteiger partial charge in [-0.1, -0.05) is 36.4 Å². The van der Waals surface area contributed by atoms with Gasteiger partial charge in [-0.25, -0.2) is 14.4 Å². The molecule has 0 saturated heterocycles. The summed E-state index contributed by atoms with van der Waals surface area (Å²) < 4.78 is 14.8. The number of nitrogens with zero attached hydrogens (tertiary/aromatic N) is 6. The first-order valence-electron chi connectivity index (χ1n) is 16.4. The second-order valence-corrected chi connectivity index (χ2v) is 10.7. The molecule has 54 heavy (non-hydrogen) atoms. The zero-order valence-corrected chi connectivity index (χ0v) is 29.4. The Labute approximate surface area is 310 Å². The lowest BCUT2D eigenvalue weighted by Crippen LogP contribution is -2.07. The molecule has 0 aliphatic heterocycles. The molecule has 3 N–H and O–H groups in total. The molecule has 15 heteroatoms. The van der Waals surface area contributed by atoms with Gasteiger partial charge in [0.15, 0.2) is 0 Å². The number of carbonyl (C=O) groups is 3. The number of nitriles is 3. The molecule has 0 atom stereocenters. The number of anilines is 6. The summed E-state index contributed by atoms with van der Waals surface area (Å²) in [6.07, 6.45) is 4.27. The molecule has 1 aromatic heterocycles. The van der Waals surface area contributed by atoms with Crippen molar-refractivity contribution in [2.45, 2.75) is 20.8 Å². The van der Waals surface area contributed by atoms with Gasteiger partial charge in [-0.15, -0.1) is 0 Å². The molecule has 0 fully saturated rings. The number of nitrogens with one attached hydrogen (secondary N) is 3. The summed E-state index contributed by atoms with van der Waals surface area (Å²) in [6.45, 7) is 5.40. The van der Waals surface area contributed by atoms with E-state index in [1.165, 1.54) is 18.2 Å². The van der Waals surface area contributed by atoms with Crippen LogP contribution in [0.15, 0.2) is 89.5 Å². The maximum Gasteiger partial charge on any atom is 0.348 e. The Bertz CT molecular complexity index is 1950. The lowest BCUT2D eigenvalue weighted by Gasteiger charge is -2.12. The Morgan fingerprint density at radius 1 is 0.500 bits per heavy atom. The average Bonchev–Trinajstić information content (AvgIpc) is 3.17. The van der Waals surface area contributed by atoms with Crippen molar-refractivity contribution < 1.29 is 28.6 Å². The first-order valence-corrected chi connectivity index (χ1v) is 16.4. The lowest BCUT2D eigenvalue weighted by molar-refractivity contribution is -0.138. The maximum absolute atomic E-state index is 12.0. The SMILES string of the molecule is CCOC(=O)/C(C#N)=C/c1ccc(Nc2nc(Nc3ccc(/C=C(\C#N)C(=O)OCC)cc3)nc(Nc3ccc(/C=C(\C#N)C(=O)OCC)cc3)n2)cc1. The van der Waals surface area contributed by atoms with Gasteiger partial charge in [-0.05, 0) is 92.1 Å². The fraction of sp³-hybridized carbons (Fsp3) is 0.154. The van der Waals surface area contributed by atoms with E-state index < -0.39 is 17.9 Å². The third-order valence-corrected chi connectivity index (χ3v) is 6.92. The van der Waals surface area contributed by atoms with Gasteiger partial charge < -0.3 is 30.2 Å². The molecular weight excluding hydrogens is 690 g/mol. The minimum Gasteiger partial charge on any atom is -0.462 e. The number of rotatable bonds is 15. The van der Waals surface area contributed by atoms with Gasteiger partial charge in [0.1, 0.15) is 34.9 Å². The minimum atomic E-state index is -0.711. The van der Waals surface area contributed by atoms with Crippen LogP contribution in [0.2, 0.25) is 0 Å². The fourth-order valence-electron chi connectivity index (χ4n) is 4.46. The van der Waals surface area contributed by atoms with E-state index in [-0.39, 0.29) is 54.4 Å². The molecule has 1 heterocycles. The van der Waals surface area contributed by atoms with Gasteiger partial charge in [-0.2, -0.15) is 30.7 Å². The van der Waals surface area contributed by atoms with Gasteiger partial charge in [0.2, 0.25) is 17.8 Å². The molecule has 4 rings (SSSR count). The smallest absolute Gasteiger partial charge is 0.348 e. The highest BCUT2D eigenvalue weighted by molar-refractivity contribution is 5.99.